The lowest BCUT2D eigenvalue weighted by atomic mass is 10.0. The van der Waals surface area contributed by atoms with Crippen LogP contribution in [0.4, 0.5) is 0 Å². The van der Waals surface area contributed by atoms with Gasteiger partial charge in [0.05, 0.1) is 13.2 Å². The first-order valence-electron chi connectivity index (χ1n) is 7.58. The predicted molar refractivity (Wildman–Crippen MR) is 83.3 cm³/mol. The Bertz CT molecular complexity index is 588. The van der Waals surface area contributed by atoms with Crippen molar-refractivity contribution in [3.05, 3.63) is 0 Å². The van der Waals surface area contributed by atoms with Crippen LogP contribution in [0.5, 0.6) is 0 Å². The lowest BCUT2D eigenvalue weighted by Crippen LogP contribution is -2.50. The van der Waals surface area contributed by atoms with Crippen molar-refractivity contribution in [1.82, 2.24) is 0 Å². The largest absolute Gasteiger partial charge is 0.506 e. The van der Waals surface area contributed by atoms with Crippen molar-refractivity contribution in [2.24, 2.45) is 0 Å². The second-order valence-corrected chi connectivity index (χ2v) is 6.71. The molecule has 8 atom stereocenters. The molecule has 0 aliphatic heterocycles. The fourth-order valence-corrected chi connectivity index (χ4v) is 2.27. The molecule has 0 bridgehead atoms. The molecule has 0 aromatic rings. The van der Waals surface area contributed by atoms with E-state index in [1.807, 2.05) is 0 Å². The van der Waals surface area contributed by atoms with Gasteiger partial charge < -0.3 is 59.4 Å². The topological polar surface area (TPSA) is 289 Å². The van der Waals surface area contributed by atoms with E-state index >= 15 is 0 Å². The molecule has 0 saturated carbocycles. The first-order chi connectivity index (χ1) is 13.2. The molecular weight excluding hydrogens is 432 g/mol. The van der Waals surface area contributed by atoms with Crippen LogP contribution >= 0.6 is 0 Å². The molecule has 29 heavy (non-hydrogen) atoms. The summed E-state index contributed by atoms with van der Waals surface area (Å²) in [4.78, 5) is 22.9. The maximum absolute atomic E-state index is 11.5. The molecule has 0 unspecified atom stereocenters. The van der Waals surface area contributed by atoms with Gasteiger partial charge in [0.25, 0.3) is 0 Å². The van der Waals surface area contributed by atoms with Gasteiger partial charge in [-0.05, 0) is 0 Å². The Balaban J connectivity index is 5.02. The number of hydrogen-bond acceptors (Lipinski definition) is 16. The van der Waals surface area contributed by atoms with Gasteiger partial charge >= 0.3 is 22.3 Å². The van der Waals surface area contributed by atoms with E-state index in [1.165, 1.54) is 0 Å². The van der Waals surface area contributed by atoms with Crippen LogP contribution in [0.25, 0.3) is 0 Å². The van der Waals surface area contributed by atoms with Crippen LogP contribution in [0.1, 0.15) is 0 Å². The van der Waals surface area contributed by atoms with E-state index in [4.69, 9.17) is 20.4 Å². The monoisotopic (exact) mass is 454 g/mol. The van der Waals surface area contributed by atoms with E-state index < -0.39 is 84.4 Å². The first kappa shape index (κ1) is 27.5. The molecule has 16 nitrogen and oxygen atoms in total. The van der Waals surface area contributed by atoms with Crippen molar-refractivity contribution >= 4 is 22.3 Å². The highest BCUT2D eigenvalue weighted by Crippen LogP contribution is 2.12. The molecule has 0 fully saturated rings. The predicted octanol–water partition coefficient (Wildman–Crippen LogP) is -7.81. The van der Waals surface area contributed by atoms with Gasteiger partial charge in [0.15, 0.2) is 12.2 Å². The van der Waals surface area contributed by atoms with Crippen LogP contribution in [-0.2, 0) is 28.4 Å². The molecule has 172 valence electrons. The quantitative estimate of drug-likeness (QED) is 0.131. The van der Waals surface area contributed by atoms with Gasteiger partial charge in [-0.1, -0.05) is 0 Å². The Morgan fingerprint density at radius 1 is 0.621 bits per heavy atom. The van der Waals surface area contributed by atoms with Crippen molar-refractivity contribution in [1.29, 1.82) is 0 Å². The van der Waals surface area contributed by atoms with Crippen LogP contribution in [0.2, 0.25) is 0 Å². The average Bonchev–Trinajstić information content (AvgIpc) is 2.67. The first-order valence-corrected chi connectivity index (χ1v) is 8.91. The number of rotatable bonds is 12. The molecule has 0 saturated heterocycles. The van der Waals surface area contributed by atoms with Gasteiger partial charge in [-0.25, -0.2) is 9.59 Å². The molecule has 10 N–H and O–H groups in total. The lowest BCUT2D eigenvalue weighted by molar-refractivity contribution is -0.165. The van der Waals surface area contributed by atoms with Crippen molar-refractivity contribution in [3.63, 3.8) is 0 Å². The van der Waals surface area contributed by atoms with E-state index in [0.717, 1.165) is 0 Å². The summed E-state index contributed by atoms with van der Waals surface area (Å²) in [5.74, 6) is -4.42. The average molecular weight is 454 g/mol. The maximum atomic E-state index is 11.5. The summed E-state index contributed by atoms with van der Waals surface area (Å²) in [6.45, 7) is -2.21. The molecule has 0 aliphatic rings. The minimum atomic E-state index is -5.67. The molecule has 0 aromatic carbocycles. The summed E-state index contributed by atoms with van der Waals surface area (Å²) in [7, 11) is -5.67. The molecule has 0 heterocycles. The standard InChI is InChI=1S/C12H22O16S/c13-1-3(15)5(17)7(19)9(21)11(23)27-29(25,26)28-12(24)10(22)8(20)6(18)4(16)2-14/h3-10,13-22H,1-2H2/t3-,4-,5-,6-,7+,8+,9-,10-/m1/s1. The number of carbonyl (C=O) groups is 2. The summed E-state index contributed by atoms with van der Waals surface area (Å²) >= 11 is 0. The van der Waals surface area contributed by atoms with E-state index in [-0.39, 0.29) is 0 Å². The van der Waals surface area contributed by atoms with E-state index in [0.29, 0.717) is 0 Å². The summed E-state index contributed by atoms with van der Waals surface area (Å²) in [5, 5.41) is 91.6. The van der Waals surface area contributed by atoms with Crippen molar-refractivity contribution < 1.29 is 77.4 Å². The summed E-state index contributed by atoms with van der Waals surface area (Å²) in [6, 6.07) is 0. The molecular formula is C12H22O16S. The summed E-state index contributed by atoms with van der Waals surface area (Å²) in [6.07, 6.45) is -19.4. The van der Waals surface area contributed by atoms with Gasteiger partial charge in [0.2, 0.25) is 0 Å². The number of hydrogen-bond donors (Lipinski definition) is 10. The van der Waals surface area contributed by atoms with Crippen LogP contribution in [0.15, 0.2) is 0 Å². The van der Waals surface area contributed by atoms with Gasteiger partial charge in [0, 0.05) is 0 Å². The van der Waals surface area contributed by atoms with Crippen LogP contribution in [0.3, 0.4) is 0 Å². The Hall–Kier alpha value is -1.51. The second-order valence-electron chi connectivity index (χ2n) is 5.56. The SMILES string of the molecule is O=C(OS(=O)(=O)OC(=O)[C@H](O)[C@@H](O)[C@H](O)[C@H](O)CO)[C@H](O)[C@@H](O)[C@H](O)[C@H](O)CO. The Morgan fingerprint density at radius 2 is 0.897 bits per heavy atom. The molecule has 0 spiro atoms. The van der Waals surface area contributed by atoms with Gasteiger partial charge in [-0.3, -0.25) is 0 Å². The minimum Gasteiger partial charge on any atom is -0.394 e. The smallest absolute Gasteiger partial charge is 0.394 e. The Kier molecular flexibility index (Phi) is 11.0. The van der Waals surface area contributed by atoms with E-state index in [2.05, 4.69) is 8.37 Å². The van der Waals surface area contributed by atoms with Gasteiger partial charge in [0.1, 0.15) is 36.6 Å². The highest BCUT2D eigenvalue weighted by molar-refractivity contribution is 7.82. The van der Waals surface area contributed by atoms with Crippen LogP contribution in [0, 0.1) is 0 Å². The van der Waals surface area contributed by atoms with Crippen molar-refractivity contribution in [3.8, 4) is 0 Å². The van der Waals surface area contributed by atoms with Crippen molar-refractivity contribution in [2.45, 2.75) is 48.8 Å². The van der Waals surface area contributed by atoms with E-state index in [1.54, 1.807) is 0 Å². The zero-order valence-electron chi connectivity index (χ0n) is 14.4. The molecule has 0 aromatic heterocycles. The third kappa shape index (κ3) is 8.03. The minimum absolute atomic E-state index is 1.10. The summed E-state index contributed by atoms with van der Waals surface area (Å²) in [5.41, 5.74) is 0. The fraction of sp³-hybridized carbons (Fsp3) is 0.833. The number of carbonyl (C=O) groups excluding carboxylic acids is 2. The zero-order valence-corrected chi connectivity index (χ0v) is 15.2. The Labute approximate surface area is 162 Å². The van der Waals surface area contributed by atoms with Crippen LogP contribution in [-0.4, -0.2) is 133 Å². The zero-order chi connectivity index (χ0) is 23.1. The molecule has 0 radical (unpaired) electrons. The van der Waals surface area contributed by atoms with Gasteiger partial charge in [-0.15, -0.1) is 8.42 Å². The maximum Gasteiger partial charge on any atom is 0.506 e. The van der Waals surface area contributed by atoms with Crippen LogP contribution < -0.4 is 0 Å². The third-order valence-corrected chi connectivity index (χ3v) is 4.10. The number of aliphatic hydroxyl groups excluding tert-OH is 10. The molecule has 0 amide bonds. The summed E-state index contributed by atoms with van der Waals surface area (Å²) < 4.78 is 30.1. The lowest BCUT2D eigenvalue weighted by Gasteiger charge is -2.24. The third-order valence-electron chi connectivity index (χ3n) is 3.36. The van der Waals surface area contributed by atoms with Crippen molar-refractivity contribution in [2.75, 3.05) is 13.2 Å². The normalized spacial score (nSPS) is 20.5. The molecule has 17 heteroatoms. The van der Waals surface area contributed by atoms with Gasteiger partial charge in [-0.2, -0.15) is 0 Å². The highest BCUT2D eigenvalue weighted by Gasteiger charge is 2.40. The second kappa shape index (κ2) is 11.6. The number of aliphatic hydroxyl groups is 10. The highest BCUT2D eigenvalue weighted by atomic mass is 32.3. The fourth-order valence-electron chi connectivity index (χ4n) is 1.64. The molecule has 0 rings (SSSR count). The van der Waals surface area contributed by atoms with E-state index in [9.17, 15) is 48.6 Å². The Morgan fingerprint density at radius 3 is 1.14 bits per heavy atom. The molecule has 0 aliphatic carbocycles.